The van der Waals surface area contributed by atoms with Crippen LogP contribution in [0.1, 0.15) is 6.92 Å². The van der Waals surface area contributed by atoms with Crippen LogP contribution in [0.3, 0.4) is 0 Å². The van der Waals surface area contributed by atoms with E-state index >= 15 is 0 Å². The lowest BCUT2D eigenvalue weighted by Gasteiger charge is -2.33. The molecule has 3 N–H and O–H groups in total. The molecule has 0 spiro atoms. The predicted molar refractivity (Wildman–Crippen MR) is 47.7 cm³/mol. The molecule has 1 aliphatic carbocycles. The van der Waals surface area contributed by atoms with Crippen molar-refractivity contribution in [2.24, 2.45) is 5.73 Å². The molecule has 2 atom stereocenters. The van der Waals surface area contributed by atoms with E-state index in [4.69, 9.17) is 10.5 Å². The van der Waals surface area contributed by atoms with E-state index in [0.29, 0.717) is 13.2 Å². The van der Waals surface area contributed by atoms with Crippen LogP contribution in [0.5, 0.6) is 0 Å². The molecule has 0 saturated carbocycles. The molecule has 68 valence electrons. The van der Waals surface area contributed by atoms with Gasteiger partial charge in [-0.05, 0) is 13.0 Å². The number of rotatable bonds is 3. The van der Waals surface area contributed by atoms with Gasteiger partial charge in [0.05, 0.1) is 0 Å². The van der Waals surface area contributed by atoms with E-state index in [0.717, 1.165) is 0 Å². The van der Waals surface area contributed by atoms with Crippen LogP contribution in [-0.4, -0.2) is 30.0 Å². The normalized spacial score (nSPS) is 34.1. The lowest BCUT2D eigenvalue weighted by Crippen LogP contribution is -2.49. The summed E-state index contributed by atoms with van der Waals surface area (Å²) in [5, 5.41) is 9.61. The first-order valence-electron chi connectivity index (χ1n) is 4.13. The zero-order valence-corrected chi connectivity index (χ0v) is 7.23. The van der Waals surface area contributed by atoms with E-state index in [1.54, 1.807) is 18.2 Å². The van der Waals surface area contributed by atoms with Crippen molar-refractivity contribution in [3.8, 4) is 0 Å². The van der Waals surface area contributed by atoms with E-state index in [1.165, 1.54) is 0 Å². The molecule has 0 amide bonds. The molecular weight excluding hydrogens is 154 g/mol. The van der Waals surface area contributed by atoms with Gasteiger partial charge < -0.3 is 15.6 Å². The number of hydrogen-bond acceptors (Lipinski definition) is 3. The van der Waals surface area contributed by atoms with E-state index in [-0.39, 0.29) is 0 Å². The van der Waals surface area contributed by atoms with E-state index in [1.807, 2.05) is 13.0 Å². The minimum absolute atomic E-state index is 0.294. The average Bonchev–Trinajstić information content (AvgIpc) is 2.10. The van der Waals surface area contributed by atoms with Crippen LogP contribution >= 0.6 is 0 Å². The topological polar surface area (TPSA) is 55.5 Å². The van der Waals surface area contributed by atoms with Crippen molar-refractivity contribution in [2.75, 3.05) is 13.2 Å². The summed E-state index contributed by atoms with van der Waals surface area (Å²) in [6.45, 7) is 2.73. The molecule has 3 nitrogen and oxygen atoms in total. The summed E-state index contributed by atoms with van der Waals surface area (Å²) in [4.78, 5) is 0. The first-order chi connectivity index (χ1) is 5.75. The minimum Gasteiger partial charge on any atom is -0.386 e. The van der Waals surface area contributed by atoms with Crippen LogP contribution < -0.4 is 5.73 Å². The Balaban J connectivity index is 2.77. The maximum Gasteiger partial charge on any atom is 0.128 e. The van der Waals surface area contributed by atoms with E-state index < -0.39 is 11.7 Å². The van der Waals surface area contributed by atoms with Gasteiger partial charge in [-0.1, -0.05) is 18.2 Å². The second-order valence-corrected chi connectivity index (χ2v) is 2.78. The highest BCUT2D eigenvalue weighted by Crippen LogP contribution is 2.21. The number of nitrogens with two attached hydrogens (primary N) is 1. The highest BCUT2D eigenvalue weighted by molar-refractivity contribution is 5.23. The molecule has 0 aliphatic heterocycles. The summed E-state index contributed by atoms with van der Waals surface area (Å²) < 4.78 is 5.42. The second-order valence-electron chi connectivity index (χ2n) is 2.78. The summed E-state index contributed by atoms with van der Waals surface area (Å²) in [6, 6.07) is 0. The third-order valence-corrected chi connectivity index (χ3v) is 2.02. The van der Waals surface area contributed by atoms with Crippen molar-refractivity contribution in [3.63, 3.8) is 0 Å². The van der Waals surface area contributed by atoms with Crippen molar-refractivity contribution in [1.29, 1.82) is 0 Å². The van der Waals surface area contributed by atoms with Crippen LogP contribution in [0, 0.1) is 0 Å². The summed E-state index contributed by atoms with van der Waals surface area (Å²) in [7, 11) is 0. The Hall–Kier alpha value is -0.640. The third-order valence-electron chi connectivity index (χ3n) is 2.02. The zero-order valence-electron chi connectivity index (χ0n) is 7.23. The number of hydrogen-bond donors (Lipinski definition) is 2. The zero-order chi connectivity index (χ0) is 9.03. The van der Waals surface area contributed by atoms with Gasteiger partial charge >= 0.3 is 0 Å². The first-order valence-corrected chi connectivity index (χ1v) is 4.13. The largest absolute Gasteiger partial charge is 0.386 e. The molecule has 0 radical (unpaired) electrons. The highest BCUT2D eigenvalue weighted by atomic mass is 16.5. The van der Waals surface area contributed by atoms with E-state index in [9.17, 15) is 5.11 Å². The van der Waals surface area contributed by atoms with Gasteiger partial charge in [0.15, 0.2) is 0 Å². The van der Waals surface area contributed by atoms with Crippen molar-refractivity contribution in [2.45, 2.75) is 18.6 Å². The summed E-state index contributed by atoms with van der Waals surface area (Å²) in [6.07, 6.45) is 6.49. The molecule has 1 aliphatic rings. The molecule has 0 aromatic heterocycles. The lowest BCUT2D eigenvalue weighted by atomic mass is 9.92. The molecule has 0 fully saturated rings. The maximum atomic E-state index is 9.61. The molecule has 12 heavy (non-hydrogen) atoms. The Morgan fingerprint density at radius 1 is 1.58 bits per heavy atom. The average molecular weight is 169 g/mol. The van der Waals surface area contributed by atoms with Gasteiger partial charge in [-0.3, -0.25) is 0 Å². The fourth-order valence-electron chi connectivity index (χ4n) is 1.30. The summed E-state index contributed by atoms with van der Waals surface area (Å²) >= 11 is 0. The fraction of sp³-hybridized carbons (Fsp3) is 0.556. The molecule has 1 rings (SSSR count). The molecule has 0 aromatic carbocycles. The predicted octanol–water partition coefficient (Wildman–Crippen LogP) is 0.207. The Morgan fingerprint density at radius 3 is 2.83 bits per heavy atom. The van der Waals surface area contributed by atoms with Crippen LogP contribution in [0.25, 0.3) is 0 Å². The minimum atomic E-state index is -0.705. The van der Waals surface area contributed by atoms with Gasteiger partial charge in [-0.15, -0.1) is 0 Å². The Kier molecular flexibility index (Phi) is 3.03. The second kappa shape index (κ2) is 3.85. The van der Waals surface area contributed by atoms with Gasteiger partial charge in [-0.2, -0.15) is 0 Å². The molecular formula is C9H15NO2. The van der Waals surface area contributed by atoms with Crippen LogP contribution in [-0.2, 0) is 4.74 Å². The molecule has 0 saturated heterocycles. The van der Waals surface area contributed by atoms with Crippen LogP contribution in [0.4, 0.5) is 0 Å². The summed E-state index contributed by atoms with van der Waals surface area (Å²) in [5.74, 6) is 0. The molecule has 0 heterocycles. The van der Waals surface area contributed by atoms with Gasteiger partial charge in [0.2, 0.25) is 0 Å². The fourth-order valence-corrected chi connectivity index (χ4v) is 1.30. The third kappa shape index (κ3) is 1.58. The molecule has 3 heteroatoms. The van der Waals surface area contributed by atoms with Crippen LogP contribution in [0.15, 0.2) is 24.3 Å². The first kappa shape index (κ1) is 9.45. The van der Waals surface area contributed by atoms with Gasteiger partial charge in [0, 0.05) is 13.2 Å². The number of aliphatic hydroxyl groups excluding tert-OH is 1. The Morgan fingerprint density at radius 2 is 2.33 bits per heavy atom. The van der Waals surface area contributed by atoms with Crippen molar-refractivity contribution >= 4 is 0 Å². The van der Waals surface area contributed by atoms with Gasteiger partial charge in [0.1, 0.15) is 11.7 Å². The van der Waals surface area contributed by atoms with Gasteiger partial charge in [0.25, 0.3) is 0 Å². The molecule has 0 aromatic rings. The van der Waals surface area contributed by atoms with Gasteiger partial charge in [-0.25, -0.2) is 0 Å². The van der Waals surface area contributed by atoms with Crippen molar-refractivity contribution in [1.82, 2.24) is 0 Å². The van der Waals surface area contributed by atoms with Crippen molar-refractivity contribution < 1.29 is 9.84 Å². The summed E-state index contributed by atoms with van der Waals surface area (Å²) in [5.41, 5.74) is 4.84. The number of aliphatic hydroxyl groups is 1. The monoisotopic (exact) mass is 169 g/mol. The standard InChI is InChI=1S/C9H15NO2/c1-2-12-9(7-10)6-4-3-5-8(9)11/h3-6,8,11H,2,7,10H2,1H3. The maximum absolute atomic E-state index is 9.61. The number of allylic oxidation sites excluding steroid dienone is 2. The Bertz CT molecular complexity index is 201. The smallest absolute Gasteiger partial charge is 0.128 e. The lowest BCUT2D eigenvalue weighted by molar-refractivity contribution is -0.0640. The quantitative estimate of drug-likeness (QED) is 0.635. The highest BCUT2D eigenvalue weighted by Gasteiger charge is 2.34. The van der Waals surface area contributed by atoms with Crippen LogP contribution in [0.2, 0.25) is 0 Å². The molecule has 0 bridgehead atoms. The molecule has 2 unspecified atom stereocenters. The van der Waals surface area contributed by atoms with Crippen molar-refractivity contribution in [3.05, 3.63) is 24.3 Å². The SMILES string of the molecule is CCOC1(CN)C=CC=CC1O. The number of ether oxygens (including phenoxy) is 1. The Labute approximate surface area is 72.5 Å². The van der Waals surface area contributed by atoms with E-state index in [2.05, 4.69) is 0 Å².